The Bertz CT molecular complexity index is 599. The van der Waals surface area contributed by atoms with Crippen LogP contribution in [0.4, 0.5) is 11.4 Å². The van der Waals surface area contributed by atoms with Crippen LogP contribution in [0.3, 0.4) is 0 Å². The number of benzene rings is 2. The van der Waals surface area contributed by atoms with Crippen LogP contribution in [0.15, 0.2) is 53.4 Å². The van der Waals surface area contributed by atoms with Gasteiger partial charge >= 0.3 is 0 Å². The smallest absolute Gasteiger partial charge is 0.237 e. The highest BCUT2D eigenvalue weighted by molar-refractivity contribution is 8.00. The van der Waals surface area contributed by atoms with Crippen molar-refractivity contribution in [2.45, 2.75) is 11.8 Å². The predicted molar refractivity (Wildman–Crippen MR) is 91.1 cm³/mol. The van der Waals surface area contributed by atoms with Gasteiger partial charge in [0.1, 0.15) is 0 Å². The minimum absolute atomic E-state index is 0.0352. The molecule has 0 spiro atoms. The molecule has 0 atom stereocenters. The maximum atomic E-state index is 12.4. The summed E-state index contributed by atoms with van der Waals surface area (Å²) < 4.78 is 0. The van der Waals surface area contributed by atoms with Gasteiger partial charge in [-0.05, 0) is 31.2 Å². The molecule has 0 aromatic heterocycles. The van der Waals surface area contributed by atoms with Gasteiger partial charge in [0.2, 0.25) is 5.91 Å². The summed E-state index contributed by atoms with van der Waals surface area (Å²) in [6, 6.07) is 15.0. The van der Waals surface area contributed by atoms with Crippen molar-refractivity contribution in [3.63, 3.8) is 0 Å². The molecule has 0 radical (unpaired) electrons. The fourth-order valence-electron chi connectivity index (χ4n) is 2.00. The number of hydrogen-bond acceptors (Lipinski definition) is 3. The zero-order valence-corrected chi connectivity index (χ0v) is 13.3. The fraction of sp³-hybridized carbons (Fsp3) is 0.188. The number of nitrogens with zero attached hydrogens (tertiary/aromatic N) is 1. The first kappa shape index (κ1) is 15.7. The third-order valence-corrected chi connectivity index (χ3v) is 4.59. The molecule has 2 rings (SSSR count). The molecule has 2 aromatic carbocycles. The first-order valence-electron chi connectivity index (χ1n) is 6.65. The molecule has 5 heteroatoms. The topological polar surface area (TPSA) is 46.3 Å². The van der Waals surface area contributed by atoms with Crippen LogP contribution in [0, 0.1) is 0 Å². The minimum atomic E-state index is 0.0352. The van der Waals surface area contributed by atoms with Crippen LogP contribution in [-0.2, 0) is 4.79 Å². The first-order chi connectivity index (χ1) is 10.1. The summed E-state index contributed by atoms with van der Waals surface area (Å²) in [6.07, 6.45) is 0. The Morgan fingerprint density at radius 3 is 2.52 bits per heavy atom. The van der Waals surface area contributed by atoms with Crippen LogP contribution >= 0.6 is 23.4 Å². The van der Waals surface area contributed by atoms with E-state index in [-0.39, 0.29) is 5.91 Å². The van der Waals surface area contributed by atoms with Gasteiger partial charge in [0, 0.05) is 22.8 Å². The summed E-state index contributed by atoms with van der Waals surface area (Å²) in [5.41, 5.74) is 7.40. The van der Waals surface area contributed by atoms with Gasteiger partial charge in [-0.3, -0.25) is 4.79 Å². The number of rotatable bonds is 5. The predicted octanol–water partition coefficient (Wildman–Crippen LogP) is 4.07. The van der Waals surface area contributed by atoms with Crippen LogP contribution in [-0.4, -0.2) is 18.2 Å². The lowest BCUT2D eigenvalue weighted by molar-refractivity contribution is -0.116. The third-order valence-electron chi connectivity index (χ3n) is 3.02. The van der Waals surface area contributed by atoms with E-state index in [1.165, 1.54) is 11.8 Å². The van der Waals surface area contributed by atoms with E-state index in [2.05, 4.69) is 0 Å². The molecule has 1 amide bonds. The van der Waals surface area contributed by atoms with E-state index in [1.54, 1.807) is 23.1 Å². The summed E-state index contributed by atoms with van der Waals surface area (Å²) in [4.78, 5) is 14.9. The number of amides is 1. The molecule has 0 unspecified atom stereocenters. The van der Waals surface area contributed by atoms with E-state index in [1.807, 2.05) is 37.3 Å². The zero-order chi connectivity index (χ0) is 15.2. The second-order valence-electron chi connectivity index (χ2n) is 4.42. The number of nitrogen functional groups attached to an aromatic ring is 1. The standard InChI is InChI=1S/C16H17ClN2OS/c1-2-19(12-7-4-3-5-8-12)15(20)11-21-16-13(17)9-6-10-14(16)18/h3-10H,2,11,18H2,1H3. The number of anilines is 2. The van der Waals surface area contributed by atoms with Crippen molar-refractivity contribution in [3.8, 4) is 0 Å². The van der Waals surface area contributed by atoms with Crippen LogP contribution in [0.1, 0.15) is 6.92 Å². The molecule has 3 nitrogen and oxygen atoms in total. The number of hydrogen-bond donors (Lipinski definition) is 1. The molecule has 0 heterocycles. The van der Waals surface area contributed by atoms with Gasteiger partial charge in [-0.1, -0.05) is 35.9 Å². The second-order valence-corrected chi connectivity index (χ2v) is 5.81. The minimum Gasteiger partial charge on any atom is -0.398 e. The Morgan fingerprint density at radius 2 is 1.90 bits per heavy atom. The van der Waals surface area contributed by atoms with Gasteiger partial charge in [0.25, 0.3) is 0 Å². The largest absolute Gasteiger partial charge is 0.398 e. The molecular weight excluding hydrogens is 304 g/mol. The molecular formula is C16H17ClN2OS. The molecule has 2 aromatic rings. The highest BCUT2D eigenvalue weighted by atomic mass is 35.5. The monoisotopic (exact) mass is 320 g/mol. The Hall–Kier alpha value is -1.65. The highest BCUT2D eigenvalue weighted by Gasteiger charge is 2.15. The van der Waals surface area contributed by atoms with Crippen molar-refractivity contribution in [2.24, 2.45) is 0 Å². The fourth-order valence-corrected chi connectivity index (χ4v) is 3.21. The normalized spacial score (nSPS) is 10.4. The lowest BCUT2D eigenvalue weighted by Crippen LogP contribution is -2.32. The summed E-state index contributed by atoms with van der Waals surface area (Å²) in [6.45, 7) is 2.58. The second kappa shape index (κ2) is 7.38. The van der Waals surface area contributed by atoms with E-state index in [9.17, 15) is 4.79 Å². The Labute approximate surface area is 134 Å². The SMILES string of the molecule is CCN(C(=O)CSc1c(N)cccc1Cl)c1ccccc1. The van der Waals surface area contributed by atoms with Crippen LogP contribution in [0.25, 0.3) is 0 Å². The van der Waals surface area contributed by atoms with Crippen LogP contribution < -0.4 is 10.6 Å². The van der Waals surface area contributed by atoms with E-state index in [0.717, 1.165) is 10.6 Å². The summed E-state index contributed by atoms with van der Waals surface area (Å²) in [5, 5.41) is 0.579. The summed E-state index contributed by atoms with van der Waals surface area (Å²) in [5.74, 6) is 0.337. The molecule has 0 aliphatic heterocycles. The number of nitrogens with two attached hydrogens (primary N) is 1. The van der Waals surface area contributed by atoms with Crippen molar-refractivity contribution >= 4 is 40.6 Å². The molecule has 0 saturated heterocycles. The molecule has 0 bridgehead atoms. The quantitative estimate of drug-likeness (QED) is 0.667. The van der Waals surface area contributed by atoms with Crippen molar-refractivity contribution < 1.29 is 4.79 Å². The number of para-hydroxylation sites is 1. The van der Waals surface area contributed by atoms with Gasteiger partial charge in [0.15, 0.2) is 0 Å². The zero-order valence-electron chi connectivity index (χ0n) is 11.8. The van der Waals surface area contributed by atoms with Gasteiger partial charge in [0.05, 0.1) is 10.8 Å². The van der Waals surface area contributed by atoms with E-state index in [0.29, 0.717) is 23.0 Å². The van der Waals surface area contributed by atoms with Gasteiger partial charge in [-0.15, -0.1) is 11.8 Å². The van der Waals surface area contributed by atoms with Crippen LogP contribution in [0.5, 0.6) is 0 Å². The van der Waals surface area contributed by atoms with Crippen molar-refractivity contribution in [1.82, 2.24) is 0 Å². The average Bonchev–Trinajstić information content (AvgIpc) is 2.48. The number of thioether (sulfide) groups is 1. The molecule has 0 fully saturated rings. The third kappa shape index (κ3) is 3.93. The van der Waals surface area contributed by atoms with Crippen molar-refractivity contribution in [1.29, 1.82) is 0 Å². The molecule has 0 saturated carbocycles. The molecule has 110 valence electrons. The Kier molecular flexibility index (Phi) is 5.53. The van der Waals surface area contributed by atoms with E-state index in [4.69, 9.17) is 17.3 Å². The van der Waals surface area contributed by atoms with Crippen molar-refractivity contribution in [3.05, 3.63) is 53.6 Å². The van der Waals surface area contributed by atoms with Crippen LogP contribution in [0.2, 0.25) is 5.02 Å². The summed E-state index contributed by atoms with van der Waals surface area (Å²) in [7, 11) is 0. The Balaban J connectivity index is 2.07. The van der Waals surface area contributed by atoms with E-state index < -0.39 is 0 Å². The number of carbonyl (C=O) groups excluding carboxylic acids is 1. The highest BCUT2D eigenvalue weighted by Crippen LogP contribution is 2.32. The maximum absolute atomic E-state index is 12.4. The summed E-state index contributed by atoms with van der Waals surface area (Å²) >= 11 is 7.49. The molecule has 21 heavy (non-hydrogen) atoms. The molecule has 0 aliphatic carbocycles. The Morgan fingerprint density at radius 1 is 1.19 bits per heavy atom. The molecule has 2 N–H and O–H groups in total. The van der Waals surface area contributed by atoms with Gasteiger partial charge in [-0.2, -0.15) is 0 Å². The lowest BCUT2D eigenvalue weighted by Gasteiger charge is -2.21. The molecule has 0 aliphatic rings. The first-order valence-corrected chi connectivity index (χ1v) is 8.02. The van der Waals surface area contributed by atoms with E-state index >= 15 is 0 Å². The van der Waals surface area contributed by atoms with Gasteiger partial charge in [-0.25, -0.2) is 0 Å². The number of carbonyl (C=O) groups is 1. The average molecular weight is 321 g/mol. The maximum Gasteiger partial charge on any atom is 0.237 e. The lowest BCUT2D eigenvalue weighted by atomic mass is 10.3. The van der Waals surface area contributed by atoms with Gasteiger partial charge < -0.3 is 10.6 Å². The number of halogens is 1. The van der Waals surface area contributed by atoms with Crippen molar-refractivity contribution in [2.75, 3.05) is 22.9 Å².